The molecule has 44 heavy (non-hydrogen) atoms. The lowest BCUT2D eigenvalue weighted by molar-refractivity contribution is -0.137. The van der Waals surface area contributed by atoms with Gasteiger partial charge in [-0.3, -0.25) is 14.7 Å². The molecule has 2 aromatic carbocycles. The highest BCUT2D eigenvalue weighted by Crippen LogP contribution is 2.35. The SMILES string of the molecule is Cc1ccc(Oc2cc(-c3ccncc3)nc3[nH]ccc23)cc1C(=O)Nc1cc(CN2CCN(C)CC2)cc(C(F)(F)F)c1. The van der Waals surface area contributed by atoms with Crippen LogP contribution in [-0.2, 0) is 12.7 Å². The zero-order valence-electron chi connectivity index (χ0n) is 24.3. The Morgan fingerprint density at radius 2 is 1.77 bits per heavy atom. The number of carbonyl (C=O) groups is 1. The molecule has 2 N–H and O–H groups in total. The van der Waals surface area contributed by atoms with Crippen LogP contribution in [0.2, 0.25) is 0 Å². The number of ether oxygens (including phenoxy) is 1. The number of pyridine rings is 2. The van der Waals surface area contributed by atoms with Crippen LogP contribution in [0, 0.1) is 6.92 Å². The molecule has 0 spiro atoms. The summed E-state index contributed by atoms with van der Waals surface area (Å²) in [6.45, 7) is 5.35. The molecule has 1 aliphatic heterocycles. The summed E-state index contributed by atoms with van der Waals surface area (Å²) in [5, 5.41) is 3.46. The number of amides is 1. The van der Waals surface area contributed by atoms with Crippen LogP contribution >= 0.6 is 0 Å². The van der Waals surface area contributed by atoms with Gasteiger partial charge in [-0.25, -0.2) is 4.98 Å². The van der Waals surface area contributed by atoms with Crippen molar-refractivity contribution in [2.75, 3.05) is 38.5 Å². The van der Waals surface area contributed by atoms with Gasteiger partial charge in [0.25, 0.3) is 5.91 Å². The molecule has 6 rings (SSSR count). The van der Waals surface area contributed by atoms with Gasteiger partial charge < -0.3 is 19.9 Å². The van der Waals surface area contributed by atoms with Crippen LogP contribution in [0.4, 0.5) is 18.9 Å². The van der Waals surface area contributed by atoms with Gasteiger partial charge in [-0.1, -0.05) is 6.07 Å². The Morgan fingerprint density at radius 1 is 1.00 bits per heavy atom. The maximum Gasteiger partial charge on any atom is 0.416 e. The summed E-state index contributed by atoms with van der Waals surface area (Å²) in [6.07, 6.45) is 0.578. The van der Waals surface area contributed by atoms with E-state index in [0.717, 1.165) is 49.3 Å². The summed E-state index contributed by atoms with van der Waals surface area (Å²) in [7, 11) is 2.02. The van der Waals surface area contributed by atoms with Crippen LogP contribution in [-0.4, -0.2) is 63.9 Å². The number of hydrogen-bond donors (Lipinski definition) is 2. The molecule has 8 nitrogen and oxygen atoms in total. The Hall–Kier alpha value is -4.74. The number of hydrogen-bond acceptors (Lipinski definition) is 6. The minimum absolute atomic E-state index is 0.0878. The molecular formula is C33H31F3N6O2. The molecule has 11 heteroatoms. The average Bonchev–Trinajstić information content (AvgIpc) is 3.48. The predicted octanol–water partition coefficient (Wildman–Crippen LogP) is 6.74. The summed E-state index contributed by atoms with van der Waals surface area (Å²) in [4.78, 5) is 29.6. The van der Waals surface area contributed by atoms with Gasteiger partial charge in [0.1, 0.15) is 17.1 Å². The quantitative estimate of drug-likeness (QED) is 0.215. The molecule has 226 valence electrons. The summed E-state index contributed by atoms with van der Waals surface area (Å²) >= 11 is 0. The Labute approximate surface area is 252 Å². The highest BCUT2D eigenvalue weighted by Gasteiger charge is 2.32. The van der Waals surface area contributed by atoms with Crippen molar-refractivity contribution in [2.45, 2.75) is 19.6 Å². The molecule has 1 fully saturated rings. The number of halogens is 3. The van der Waals surface area contributed by atoms with E-state index in [4.69, 9.17) is 4.74 Å². The van der Waals surface area contributed by atoms with E-state index in [-0.39, 0.29) is 11.3 Å². The molecule has 0 saturated carbocycles. The number of carbonyl (C=O) groups excluding carboxylic acids is 1. The van der Waals surface area contributed by atoms with E-state index in [1.54, 1.807) is 49.8 Å². The van der Waals surface area contributed by atoms with Gasteiger partial charge in [-0.2, -0.15) is 13.2 Å². The third-order valence-electron chi connectivity index (χ3n) is 7.73. The number of aromatic amines is 1. The van der Waals surface area contributed by atoms with Crippen LogP contribution < -0.4 is 10.1 Å². The van der Waals surface area contributed by atoms with E-state index >= 15 is 0 Å². The normalized spacial score (nSPS) is 14.6. The number of fused-ring (bicyclic) bond motifs is 1. The highest BCUT2D eigenvalue weighted by molar-refractivity contribution is 6.05. The van der Waals surface area contributed by atoms with Gasteiger partial charge in [0.2, 0.25) is 0 Å². The van der Waals surface area contributed by atoms with E-state index in [1.165, 1.54) is 0 Å². The first kappa shape index (κ1) is 29.3. The van der Waals surface area contributed by atoms with Crippen LogP contribution in [0.15, 0.2) is 79.3 Å². The van der Waals surface area contributed by atoms with Gasteiger partial charge in [0.15, 0.2) is 0 Å². The number of rotatable bonds is 7. The Morgan fingerprint density at radius 3 is 2.52 bits per heavy atom. The highest BCUT2D eigenvalue weighted by atomic mass is 19.4. The third-order valence-corrected chi connectivity index (χ3v) is 7.73. The fourth-order valence-corrected chi connectivity index (χ4v) is 5.28. The number of anilines is 1. The van der Waals surface area contributed by atoms with Crippen molar-refractivity contribution in [1.82, 2.24) is 24.8 Å². The molecule has 1 saturated heterocycles. The molecule has 5 aromatic rings. The number of piperazine rings is 1. The fourth-order valence-electron chi connectivity index (χ4n) is 5.28. The molecule has 4 heterocycles. The van der Waals surface area contributed by atoms with Crippen molar-refractivity contribution in [2.24, 2.45) is 0 Å². The summed E-state index contributed by atoms with van der Waals surface area (Å²) in [5.74, 6) is 0.399. The van der Waals surface area contributed by atoms with Crippen LogP contribution in [0.3, 0.4) is 0 Å². The number of benzene rings is 2. The number of alkyl halides is 3. The van der Waals surface area contributed by atoms with Gasteiger partial charge in [0.05, 0.1) is 16.6 Å². The van der Waals surface area contributed by atoms with Crippen molar-refractivity contribution in [1.29, 1.82) is 0 Å². The first-order valence-electron chi connectivity index (χ1n) is 14.2. The van der Waals surface area contributed by atoms with Crippen molar-refractivity contribution in [3.05, 3.63) is 102 Å². The van der Waals surface area contributed by atoms with E-state index in [2.05, 4.69) is 30.1 Å². The number of aromatic nitrogens is 3. The maximum atomic E-state index is 13.8. The number of aryl methyl sites for hydroxylation is 1. The maximum absolute atomic E-state index is 13.8. The Kier molecular flexibility index (Phi) is 8.07. The predicted molar refractivity (Wildman–Crippen MR) is 163 cm³/mol. The molecule has 1 aliphatic rings. The number of nitrogens with zero attached hydrogens (tertiary/aromatic N) is 4. The number of likely N-dealkylation sites (N-methyl/N-ethyl adjacent to an activating group) is 1. The largest absolute Gasteiger partial charge is 0.456 e. The second kappa shape index (κ2) is 12.1. The summed E-state index contributed by atoms with van der Waals surface area (Å²) < 4.78 is 47.8. The minimum atomic E-state index is -4.55. The molecule has 0 bridgehead atoms. The number of nitrogens with one attached hydrogen (secondary N) is 2. The lowest BCUT2D eigenvalue weighted by atomic mass is 10.1. The number of H-pyrrole nitrogens is 1. The van der Waals surface area contributed by atoms with Crippen molar-refractivity contribution >= 4 is 22.6 Å². The fraction of sp³-hybridized carbons (Fsp3) is 0.242. The van der Waals surface area contributed by atoms with Crippen molar-refractivity contribution in [3.8, 4) is 22.8 Å². The monoisotopic (exact) mass is 600 g/mol. The van der Waals surface area contributed by atoms with Gasteiger partial charge in [-0.15, -0.1) is 0 Å². The van der Waals surface area contributed by atoms with Crippen LogP contribution in [0.25, 0.3) is 22.3 Å². The molecular weight excluding hydrogens is 569 g/mol. The standard InChI is InChI=1S/C33H31F3N6O2/c1-21-3-4-26(44-30-19-29(23-5-8-37-9-6-23)40-31-27(30)7-10-38-31)18-28(21)32(43)39-25-16-22(15-24(17-25)33(34,35)36)20-42-13-11-41(2)12-14-42/h3-10,15-19H,11-14,20H2,1-2H3,(H,38,40)(H,39,43). The molecule has 0 unspecified atom stereocenters. The lowest BCUT2D eigenvalue weighted by Crippen LogP contribution is -2.43. The van der Waals surface area contributed by atoms with E-state index < -0.39 is 17.6 Å². The molecule has 0 radical (unpaired) electrons. The van der Waals surface area contributed by atoms with Crippen molar-refractivity contribution in [3.63, 3.8) is 0 Å². The van der Waals surface area contributed by atoms with E-state index in [9.17, 15) is 18.0 Å². The van der Waals surface area contributed by atoms with Gasteiger partial charge in [-0.05, 0) is 73.6 Å². The topological polar surface area (TPSA) is 86.4 Å². The zero-order valence-corrected chi connectivity index (χ0v) is 24.3. The zero-order chi connectivity index (χ0) is 30.8. The minimum Gasteiger partial charge on any atom is -0.456 e. The molecule has 1 amide bonds. The molecule has 3 aromatic heterocycles. The average molecular weight is 601 g/mol. The molecule has 0 atom stereocenters. The summed E-state index contributed by atoms with van der Waals surface area (Å²) in [5.41, 5.74) is 2.89. The molecule has 0 aliphatic carbocycles. The van der Waals surface area contributed by atoms with Gasteiger partial charge >= 0.3 is 6.18 Å². The van der Waals surface area contributed by atoms with E-state index in [1.807, 2.05) is 31.3 Å². The first-order chi connectivity index (χ1) is 21.1. The van der Waals surface area contributed by atoms with E-state index in [0.29, 0.717) is 40.5 Å². The summed E-state index contributed by atoms with van der Waals surface area (Å²) in [6, 6.07) is 16.2. The second-order valence-corrected chi connectivity index (χ2v) is 11.0. The van der Waals surface area contributed by atoms with Crippen LogP contribution in [0.5, 0.6) is 11.5 Å². The second-order valence-electron chi connectivity index (χ2n) is 11.0. The van der Waals surface area contributed by atoms with Crippen LogP contribution in [0.1, 0.15) is 27.0 Å². The Balaban J connectivity index is 1.26. The van der Waals surface area contributed by atoms with Gasteiger partial charge in [0, 0.05) is 74.2 Å². The van der Waals surface area contributed by atoms with Crippen molar-refractivity contribution < 1.29 is 22.7 Å². The lowest BCUT2D eigenvalue weighted by Gasteiger charge is -2.32. The third kappa shape index (κ3) is 6.58. The smallest absolute Gasteiger partial charge is 0.416 e. The first-order valence-corrected chi connectivity index (χ1v) is 14.2. The Bertz CT molecular complexity index is 1800.